The maximum Gasteiger partial charge on any atom is 0.271 e. The Morgan fingerprint density at radius 1 is 1.09 bits per heavy atom. The maximum atomic E-state index is 12.0. The Bertz CT molecular complexity index is 743. The highest BCUT2D eigenvalue weighted by Gasteiger charge is 2.09. The number of rotatable bonds is 5. The summed E-state index contributed by atoms with van der Waals surface area (Å²) in [5.74, 6) is 0.175. The molecule has 3 N–H and O–H groups in total. The second-order valence-corrected chi connectivity index (χ2v) is 4.51. The van der Waals surface area contributed by atoms with Crippen LogP contribution < -0.4 is 14.9 Å². The summed E-state index contributed by atoms with van der Waals surface area (Å²) in [7, 11) is 2.86. The number of benzene rings is 2. The molecule has 0 spiro atoms. The van der Waals surface area contributed by atoms with Crippen LogP contribution in [0.5, 0.6) is 23.0 Å². The molecule has 120 valence electrons. The molecule has 0 aliphatic rings. The molecule has 0 aromatic heterocycles. The normalized spacial score (nSPS) is 10.5. The number of aromatic hydroxyl groups is 2. The van der Waals surface area contributed by atoms with Crippen LogP contribution in [0.3, 0.4) is 0 Å². The topological polar surface area (TPSA) is 100 Å². The van der Waals surface area contributed by atoms with Crippen LogP contribution in [0.2, 0.25) is 0 Å². The molecule has 0 bridgehead atoms. The van der Waals surface area contributed by atoms with Gasteiger partial charge in [0.05, 0.1) is 20.4 Å². The highest BCUT2D eigenvalue weighted by atomic mass is 16.5. The van der Waals surface area contributed by atoms with Crippen LogP contribution in [-0.2, 0) is 0 Å². The molecule has 0 unspecified atom stereocenters. The van der Waals surface area contributed by atoms with E-state index in [9.17, 15) is 15.0 Å². The van der Waals surface area contributed by atoms with E-state index in [1.807, 2.05) is 0 Å². The Morgan fingerprint density at radius 3 is 2.52 bits per heavy atom. The lowest BCUT2D eigenvalue weighted by molar-refractivity contribution is 0.0954. The number of phenolic OH excluding ortho intramolecular Hbond substituents is 2. The zero-order chi connectivity index (χ0) is 16.8. The molecule has 0 fully saturated rings. The Hall–Kier alpha value is -3.22. The molecule has 23 heavy (non-hydrogen) atoms. The SMILES string of the molecule is COc1cc(C(=O)NN=Cc2ccc(O)cc2OC)ccc1O. The van der Waals surface area contributed by atoms with E-state index in [4.69, 9.17) is 9.47 Å². The monoisotopic (exact) mass is 316 g/mol. The number of methoxy groups -OCH3 is 2. The largest absolute Gasteiger partial charge is 0.508 e. The first-order valence-corrected chi connectivity index (χ1v) is 6.62. The Kier molecular flexibility index (Phi) is 5.03. The van der Waals surface area contributed by atoms with Crippen LogP contribution in [-0.4, -0.2) is 36.6 Å². The average molecular weight is 316 g/mol. The fourth-order valence-corrected chi connectivity index (χ4v) is 1.85. The van der Waals surface area contributed by atoms with Gasteiger partial charge in [-0.25, -0.2) is 5.43 Å². The smallest absolute Gasteiger partial charge is 0.271 e. The number of nitrogens with one attached hydrogen (secondary N) is 1. The number of ether oxygens (including phenoxy) is 2. The third-order valence-corrected chi connectivity index (χ3v) is 3.03. The molecular formula is C16H16N2O5. The van der Waals surface area contributed by atoms with E-state index >= 15 is 0 Å². The van der Waals surface area contributed by atoms with Gasteiger partial charge in [-0.2, -0.15) is 5.10 Å². The van der Waals surface area contributed by atoms with Crippen molar-refractivity contribution in [2.24, 2.45) is 5.10 Å². The van der Waals surface area contributed by atoms with Crippen molar-refractivity contribution >= 4 is 12.1 Å². The Balaban J connectivity index is 2.10. The van der Waals surface area contributed by atoms with Gasteiger partial charge >= 0.3 is 0 Å². The standard InChI is InChI=1S/C16H16N2O5/c1-22-14-8-12(19)5-3-11(14)9-17-18-16(21)10-4-6-13(20)15(7-10)23-2/h3-9,19-20H,1-2H3,(H,18,21). The fraction of sp³-hybridized carbons (Fsp3) is 0.125. The van der Waals surface area contributed by atoms with Crippen LogP contribution in [0.1, 0.15) is 15.9 Å². The highest BCUT2D eigenvalue weighted by molar-refractivity contribution is 5.95. The van der Waals surface area contributed by atoms with Crippen LogP contribution >= 0.6 is 0 Å². The van der Waals surface area contributed by atoms with E-state index in [2.05, 4.69) is 10.5 Å². The Morgan fingerprint density at radius 2 is 1.83 bits per heavy atom. The number of carbonyl (C=O) groups excluding carboxylic acids is 1. The van der Waals surface area contributed by atoms with Gasteiger partial charge in [0.15, 0.2) is 11.5 Å². The van der Waals surface area contributed by atoms with Crippen molar-refractivity contribution in [2.45, 2.75) is 0 Å². The van der Waals surface area contributed by atoms with Gasteiger partial charge in [-0.3, -0.25) is 4.79 Å². The van der Waals surface area contributed by atoms with Gasteiger partial charge in [0.25, 0.3) is 5.91 Å². The van der Waals surface area contributed by atoms with Crippen LogP contribution in [0.25, 0.3) is 0 Å². The first-order chi connectivity index (χ1) is 11.0. The number of hydrogen-bond donors (Lipinski definition) is 3. The first kappa shape index (κ1) is 16.2. The molecule has 2 aromatic carbocycles. The molecule has 0 aliphatic heterocycles. The second-order valence-electron chi connectivity index (χ2n) is 4.51. The summed E-state index contributed by atoms with van der Waals surface area (Å²) in [5, 5.41) is 22.7. The third kappa shape index (κ3) is 3.91. The van der Waals surface area contributed by atoms with E-state index in [1.165, 1.54) is 50.8 Å². The van der Waals surface area contributed by atoms with Crippen molar-refractivity contribution in [1.29, 1.82) is 0 Å². The number of phenols is 2. The van der Waals surface area contributed by atoms with Gasteiger partial charge in [-0.15, -0.1) is 0 Å². The van der Waals surface area contributed by atoms with Crippen molar-refractivity contribution in [3.63, 3.8) is 0 Å². The lowest BCUT2D eigenvalue weighted by atomic mass is 10.2. The second kappa shape index (κ2) is 7.17. The van der Waals surface area contributed by atoms with Crippen molar-refractivity contribution in [1.82, 2.24) is 5.43 Å². The van der Waals surface area contributed by atoms with Crippen molar-refractivity contribution in [2.75, 3.05) is 14.2 Å². The fourth-order valence-electron chi connectivity index (χ4n) is 1.85. The lowest BCUT2D eigenvalue weighted by Crippen LogP contribution is -2.17. The summed E-state index contributed by atoms with van der Waals surface area (Å²) >= 11 is 0. The van der Waals surface area contributed by atoms with Crippen LogP contribution in [0.15, 0.2) is 41.5 Å². The van der Waals surface area contributed by atoms with Gasteiger partial charge in [0, 0.05) is 17.2 Å². The summed E-state index contributed by atoms with van der Waals surface area (Å²) in [6.45, 7) is 0. The molecule has 7 nitrogen and oxygen atoms in total. The molecule has 1 amide bonds. The van der Waals surface area contributed by atoms with Gasteiger partial charge in [0.1, 0.15) is 11.5 Å². The van der Waals surface area contributed by atoms with Gasteiger partial charge in [-0.05, 0) is 30.3 Å². The predicted octanol–water partition coefficient (Wildman–Crippen LogP) is 1.88. The summed E-state index contributed by atoms with van der Waals surface area (Å²) in [4.78, 5) is 12.0. The third-order valence-electron chi connectivity index (χ3n) is 3.03. The first-order valence-electron chi connectivity index (χ1n) is 6.62. The van der Waals surface area contributed by atoms with Crippen molar-refractivity contribution < 1.29 is 24.5 Å². The molecule has 0 saturated carbocycles. The molecule has 0 heterocycles. The van der Waals surface area contributed by atoms with Crippen molar-refractivity contribution in [3.8, 4) is 23.0 Å². The van der Waals surface area contributed by atoms with E-state index in [0.717, 1.165) is 0 Å². The zero-order valence-corrected chi connectivity index (χ0v) is 12.6. The summed E-state index contributed by atoms with van der Waals surface area (Å²) in [5.41, 5.74) is 3.24. The number of hydrazone groups is 1. The molecule has 0 saturated heterocycles. The number of carbonyl (C=O) groups is 1. The number of nitrogens with zero attached hydrogens (tertiary/aromatic N) is 1. The molecule has 2 rings (SSSR count). The lowest BCUT2D eigenvalue weighted by Gasteiger charge is -2.06. The number of hydrogen-bond acceptors (Lipinski definition) is 6. The van der Waals surface area contributed by atoms with Gasteiger partial charge < -0.3 is 19.7 Å². The van der Waals surface area contributed by atoms with E-state index < -0.39 is 5.91 Å². The molecule has 0 radical (unpaired) electrons. The highest BCUT2D eigenvalue weighted by Crippen LogP contribution is 2.26. The minimum absolute atomic E-state index is 0.0543. The van der Waals surface area contributed by atoms with Crippen LogP contribution in [0.4, 0.5) is 0 Å². The average Bonchev–Trinajstić information content (AvgIpc) is 2.56. The van der Waals surface area contributed by atoms with Crippen LogP contribution in [0, 0.1) is 0 Å². The van der Waals surface area contributed by atoms with E-state index in [-0.39, 0.29) is 22.8 Å². The van der Waals surface area contributed by atoms with E-state index in [1.54, 1.807) is 6.07 Å². The predicted molar refractivity (Wildman–Crippen MR) is 84.4 cm³/mol. The van der Waals surface area contributed by atoms with Gasteiger partial charge in [0.2, 0.25) is 0 Å². The molecular weight excluding hydrogens is 300 g/mol. The quantitative estimate of drug-likeness (QED) is 0.577. The number of amides is 1. The minimum atomic E-state index is -0.461. The molecule has 2 aromatic rings. The van der Waals surface area contributed by atoms with Crippen molar-refractivity contribution in [3.05, 3.63) is 47.5 Å². The Labute approximate surface area is 132 Å². The van der Waals surface area contributed by atoms with E-state index in [0.29, 0.717) is 11.3 Å². The molecule has 7 heteroatoms. The minimum Gasteiger partial charge on any atom is -0.508 e. The molecule has 0 aliphatic carbocycles. The summed E-state index contributed by atoms with van der Waals surface area (Å²) in [6.07, 6.45) is 1.40. The van der Waals surface area contributed by atoms with Gasteiger partial charge in [-0.1, -0.05) is 0 Å². The maximum absolute atomic E-state index is 12.0. The summed E-state index contributed by atoms with van der Waals surface area (Å²) in [6, 6.07) is 8.74. The summed E-state index contributed by atoms with van der Waals surface area (Å²) < 4.78 is 10.0. The zero-order valence-electron chi connectivity index (χ0n) is 12.6. The molecule has 0 atom stereocenters.